The first-order valence-corrected chi connectivity index (χ1v) is 10.4. The summed E-state index contributed by atoms with van der Waals surface area (Å²) in [4.78, 5) is 29.6. The van der Waals surface area contributed by atoms with E-state index >= 15 is 0 Å². The normalized spacial score (nSPS) is 14.5. The molecule has 2 aromatic carbocycles. The van der Waals surface area contributed by atoms with E-state index in [1.165, 1.54) is 0 Å². The van der Waals surface area contributed by atoms with E-state index in [0.29, 0.717) is 25.2 Å². The molecule has 2 amide bonds. The number of benzene rings is 2. The fraction of sp³-hybridized carbons (Fsp3) is 0.292. The van der Waals surface area contributed by atoms with Crippen LogP contribution in [0.2, 0.25) is 0 Å². The van der Waals surface area contributed by atoms with E-state index in [4.69, 9.17) is 0 Å². The van der Waals surface area contributed by atoms with Crippen LogP contribution < -0.4 is 4.90 Å². The van der Waals surface area contributed by atoms with Gasteiger partial charge in [-0.05, 0) is 44.0 Å². The summed E-state index contributed by atoms with van der Waals surface area (Å²) >= 11 is 0. The van der Waals surface area contributed by atoms with Crippen molar-refractivity contribution in [2.45, 2.75) is 25.7 Å². The van der Waals surface area contributed by atoms with Gasteiger partial charge in [-0.25, -0.2) is 0 Å². The number of H-pyrrole nitrogens is 1. The molecule has 2 heterocycles. The number of aromatic amines is 1. The number of aromatic nitrogens is 2. The van der Waals surface area contributed by atoms with E-state index in [1.807, 2.05) is 72.5 Å². The van der Waals surface area contributed by atoms with Gasteiger partial charge in [0, 0.05) is 36.8 Å². The van der Waals surface area contributed by atoms with Gasteiger partial charge in [0.15, 0.2) is 0 Å². The van der Waals surface area contributed by atoms with Crippen molar-refractivity contribution in [1.29, 1.82) is 0 Å². The monoisotopic (exact) mass is 402 g/mol. The van der Waals surface area contributed by atoms with Crippen molar-refractivity contribution in [3.63, 3.8) is 0 Å². The molecule has 3 aromatic rings. The summed E-state index contributed by atoms with van der Waals surface area (Å²) < 4.78 is 0. The zero-order valence-electron chi connectivity index (χ0n) is 17.1. The SMILES string of the molecule is CCN(C(=O)c1cn[nH]c1C1CCN(C(=O)c2ccccc2)CC1)c1ccccc1. The Bertz CT molecular complexity index is 992. The van der Waals surface area contributed by atoms with Gasteiger partial charge < -0.3 is 9.80 Å². The fourth-order valence-corrected chi connectivity index (χ4v) is 4.11. The molecular weight excluding hydrogens is 376 g/mol. The largest absolute Gasteiger partial charge is 0.339 e. The molecule has 1 fully saturated rings. The minimum atomic E-state index is -0.0461. The lowest BCUT2D eigenvalue weighted by Gasteiger charge is -2.32. The highest BCUT2D eigenvalue weighted by Crippen LogP contribution is 2.30. The summed E-state index contributed by atoms with van der Waals surface area (Å²) in [7, 11) is 0. The Balaban J connectivity index is 1.46. The molecule has 1 N–H and O–H groups in total. The molecule has 0 aliphatic carbocycles. The van der Waals surface area contributed by atoms with Gasteiger partial charge >= 0.3 is 0 Å². The molecule has 0 bridgehead atoms. The number of likely N-dealkylation sites (tertiary alicyclic amines) is 1. The Morgan fingerprint density at radius 3 is 2.30 bits per heavy atom. The average Bonchev–Trinajstić information content (AvgIpc) is 3.30. The number of piperidine rings is 1. The highest BCUT2D eigenvalue weighted by atomic mass is 16.2. The van der Waals surface area contributed by atoms with Crippen molar-refractivity contribution < 1.29 is 9.59 Å². The predicted octanol–water partition coefficient (Wildman–Crippen LogP) is 4.10. The lowest BCUT2D eigenvalue weighted by atomic mass is 9.90. The molecule has 1 aliphatic heterocycles. The van der Waals surface area contributed by atoms with E-state index in [0.717, 1.165) is 29.8 Å². The van der Waals surface area contributed by atoms with E-state index in [9.17, 15) is 9.59 Å². The zero-order valence-corrected chi connectivity index (χ0v) is 17.1. The van der Waals surface area contributed by atoms with Crippen LogP contribution >= 0.6 is 0 Å². The molecule has 4 rings (SSSR count). The Hall–Kier alpha value is -3.41. The number of para-hydroxylation sites is 1. The number of nitrogens with zero attached hydrogens (tertiary/aromatic N) is 3. The van der Waals surface area contributed by atoms with Crippen molar-refractivity contribution in [3.8, 4) is 0 Å². The molecule has 154 valence electrons. The minimum Gasteiger partial charge on any atom is -0.339 e. The van der Waals surface area contributed by atoms with Gasteiger partial charge in [0.25, 0.3) is 11.8 Å². The van der Waals surface area contributed by atoms with Crippen LogP contribution in [-0.4, -0.2) is 46.5 Å². The number of amides is 2. The number of rotatable bonds is 5. The number of hydrogen-bond donors (Lipinski definition) is 1. The van der Waals surface area contributed by atoms with Crippen LogP contribution in [0.1, 0.15) is 52.1 Å². The molecule has 30 heavy (non-hydrogen) atoms. The second-order valence-electron chi connectivity index (χ2n) is 7.51. The Morgan fingerprint density at radius 1 is 1.03 bits per heavy atom. The molecule has 0 spiro atoms. The first-order valence-electron chi connectivity index (χ1n) is 10.4. The van der Waals surface area contributed by atoms with Crippen molar-refractivity contribution in [2.75, 3.05) is 24.5 Å². The Labute approximate surface area is 176 Å². The van der Waals surface area contributed by atoms with Crippen LogP contribution in [0.4, 0.5) is 5.69 Å². The van der Waals surface area contributed by atoms with Gasteiger partial charge in [-0.1, -0.05) is 36.4 Å². The van der Waals surface area contributed by atoms with E-state index in [1.54, 1.807) is 11.1 Å². The summed E-state index contributed by atoms with van der Waals surface area (Å²) in [6, 6.07) is 19.1. The predicted molar refractivity (Wildman–Crippen MR) is 117 cm³/mol. The number of carbonyl (C=O) groups is 2. The molecule has 1 aromatic heterocycles. The number of hydrogen-bond acceptors (Lipinski definition) is 3. The number of nitrogens with one attached hydrogen (secondary N) is 1. The third-order valence-corrected chi connectivity index (χ3v) is 5.74. The van der Waals surface area contributed by atoms with Crippen molar-refractivity contribution >= 4 is 17.5 Å². The molecular formula is C24H26N4O2. The Morgan fingerprint density at radius 2 is 1.67 bits per heavy atom. The molecule has 1 saturated heterocycles. The van der Waals surface area contributed by atoms with Gasteiger partial charge in [-0.2, -0.15) is 5.10 Å². The summed E-state index contributed by atoms with van der Waals surface area (Å²) in [6.07, 6.45) is 3.24. The molecule has 6 nitrogen and oxygen atoms in total. The van der Waals surface area contributed by atoms with Crippen molar-refractivity contribution in [1.82, 2.24) is 15.1 Å². The lowest BCUT2D eigenvalue weighted by Crippen LogP contribution is -2.38. The van der Waals surface area contributed by atoms with Gasteiger partial charge in [0.2, 0.25) is 0 Å². The Kier molecular flexibility index (Phi) is 5.93. The summed E-state index contributed by atoms with van der Waals surface area (Å²) in [5.41, 5.74) is 3.09. The lowest BCUT2D eigenvalue weighted by molar-refractivity contribution is 0.0711. The van der Waals surface area contributed by atoms with E-state index < -0.39 is 0 Å². The quantitative estimate of drug-likeness (QED) is 0.699. The topological polar surface area (TPSA) is 69.3 Å². The number of carbonyl (C=O) groups excluding carboxylic acids is 2. The van der Waals surface area contributed by atoms with E-state index in [2.05, 4.69) is 10.2 Å². The second-order valence-corrected chi connectivity index (χ2v) is 7.51. The highest BCUT2D eigenvalue weighted by molar-refractivity contribution is 6.06. The maximum Gasteiger partial charge on any atom is 0.261 e. The van der Waals surface area contributed by atoms with Crippen LogP contribution in [0, 0.1) is 0 Å². The standard InChI is InChI=1S/C24H26N4O2/c1-2-28(20-11-7-4-8-12-20)24(30)21-17-25-26-22(21)18-13-15-27(16-14-18)23(29)19-9-5-3-6-10-19/h3-12,17-18H,2,13-16H2,1H3,(H,25,26). The van der Waals surface area contributed by atoms with Gasteiger partial charge in [0.1, 0.15) is 0 Å². The minimum absolute atomic E-state index is 0.0461. The molecule has 6 heteroatoms. The van der Waals surface area contributed by atoms with Gasteiger partial charge in [-0.15, -0.1) is 0 Å². The summed E-state index contributed by atoms with van der Waals surface area (Å²) in [6.45, 7) is 3.89. The van der Waals surface area contributed by atoms with Gasteiger partial charge in [-0.3, -0.25) is 14.7 Å². The third-order valence-electron chi connectivity index (χ3n) is 5.74. The van der Waals surface area contributed by atoms with Gasteiger partial charge in [0.05, 0.1) is 17.5 Å². The van der Waals surface area contributed by atoms with Crippen LogP contribution in [0.25, 0.3) is 0 Å². The molecule has 0 unspecified atom stereocenters. The smallest absolute Gasteiger partial charge is 0.261 e. The molecule has 1 aliphatic rings. The average molecular weight is 402 g/mol. The maximum atomic E-state index is 13.3. The van der Waals surface area contributed by atoms with Crippen LogP contribution in [0.3, 0.4) is 0 Å². The highest BCUT2D eigenvalue weighted by Gasteiger charge is 2.30. The third kappa shape index (κ3) is 3.99. The second kappa shape index (κ2) is 8.95. The van der Waals surface area contributed by atoms with Crippen LogP contribution in [0.5, 0.6) is 0 Å². The first-order chi connectivity index (χ1) is 14.7. The fourth-order valence-electron chi connectivity index (χ4n) is 4.11. The molecule has 0 saturated carbocycles. The zero-order chi connectivity index (χ0) is 20.9. The van der Waals surface area contributed by atoms with Crippen molar-refractivity contribution in [3.05, 3.63) is 83.7 Å². The van der Waals surface area contributed by atoms with Crippen molar-refractivity contribution in [2.24, 2.45) is 0 Å². The number of anilines is 1. The van der Waals surface area contributed by atoms with Crippen LogP contribution in [-0.2, 0) is 0 Å². The van der Waals surface area contributed by atoms with Crippen LogP contribution in [0.15, 0.2) is 66.9 Å². The molecule has 0 radical (unpaired) electrons. The molecule has 0 atom stereocenters. The maximum absolute atomic E-state index is 13.3. The van der Waals surface area contributed by atoms with E-state index in [-0.39, 0.29) is 17.7 Å². The summed E-state index contributed by atoms with van der Waals surface area (Å²) in [5, 5.41) is 7.24. The summed E-state index contributed by atoms with van der Waals surface area (Å²) in [5.74, 6) is 0.201. The first kappa shape index (κ1) is 19.9.